The maximum Gasteiger partial charge on any atom is 0.332 e. The summed E-state index contributed by atoms with van der Waals surface area (Å²) in [7, 11) is 3.42. The van der Waals surface area contributed by atoms with Crippen LogP contribution in [0.15, 0.2) is 32.9 Å². The summed E-state index contributed by atoms with van der Waals surface area (Å²) in [6, 6.07) is 4.37. The Morgan fingerprint density at radius 1 is 1.08 bits per heavy atom. The van der Waals surface area contributed by atoms with Crippen molar-refractivity contribution in [3.8, 4) is 0 Å². The highest BCUT2D eigenvalue weighted by Gasteiger charge is 2.14. The summed E-state index contributed by atoms with van der Waals surface area (Å²) < 4.78 is 4.43. The lowest BCUT2D eigenvalue weighted by atomic mass is 10.1. The summed E-state index contributed by atoms with van der Waals surface area (Å²) in [5, 5.41) is 0. The predicted molar refractivity (Wildman–Crippen MR) is 106 cm³/mol. The fraction of sp³-hybridized carbons (Fsp3) is 0.421. The minimum Gasteiger partial charge on any atom is -0.328 e. The smallest absolute Gasteiger partial charge is 0.328 e. The van der Waals surface area contributed by atoms with E-state index in [0.717, 1.165) is 12.2 Å². The van der Waals surface area contributed by atoms with Crippen molar-refractivity contribution >= 4 is 22.9 Å². The number of aryl methyl sites for hydroxylation is 5. The lowest BCUT2D eigenvalue weighted by molar-refractivity contribution is 0.594. The van der Waals surface area contributed by atoms with E-state index in [-0.39, 0.29) is 11.2 Å². The van der Waals surface area contributed by atoms with E-state index in [2.05, 4.69) is 37.9 Å². The molecule has 2 heterocycles. The van der Waals surface area contributed by atoms with Gasteiger partial charge in [-0.1, -0.05) is 17.7 Å². The Kier molecular flexibility index (Phi) is 5.09. The molecule has 0 fully saturated rings. The van der Waals surface area contributed by atoms with Crippen molar-refractivity contribution in [3.63, 3.8) is 0 Å². The molecule has 138 valence electrons. The Labute approximate surface area is 156 Å². The first-order chi connectivity index (χ1) is 12.3. The zero-order valence-corrected chi connectivity index (χ0v) is 16.7. The van der Waals surface area contributed by atoms with Crippen LogP contribution in [0.1, 0.15) is 23.1 Å². The lowest BCUT2D eigenvalue weighted by Gasteiger charge is -2.11. The van der Waals surface area contributed by atoms with Gasteiger partial charge in [0.25, 0.3) is 5.56 Å². The highest BCUT2D eigenvalue weighted by atomic mass is 32.2. The third kappa shape index (κ3) is 3.23. The maximum atomic E-state index is 12.7. The Morgan fingerprint density at radius 2 is 1.73 bits per heavy atom. The zero-order chi connectivity index (χ0) is 19.0. The molecule has 0 aliphatic carbocycles. The van der Waals surface area contributed by atoms with Gasteiger partial charge in [0.2, 0.25) is 0 Å². The summed E-state index contributed by atoms with van der Waals surface area (Å²) in [6.45, 7) is 6.76. The molecule has 0 radical (unpaired) electrons. The van der Waals surface area contributed by atoms with Crippen LogP contribution < -0.4 is 11.2 Å². The van der Waals surface area contributed by atoms with Gasteiger partial charge in [0, 0.05) is 25.5 Å². The third-order valence-electron chi connectivity index (χ3n) is 4.58. The summed E-state index contributed by atoms with van der Waals surface area (Å²) in [4.78, 5) is 30.6. The van der Waals surface area contributed by atoms with Crippen molar-refractivity contribution < 1.29 is 0 Å². The minimum atomic E-state index is -0.311. The van der Waals surface area contributed by atoms with Gasteiger partial charge in [0.05, 0.1) is 6.33 Å². The Balaban J connectivity index is 1.78. The first kappa shape index (κ1) is 18.5. The molecule has 3 rings (SSSR count). The minimum absolute atomic E-state index is 0.268. The molecule has 0 atom stereocenters. The second-order valence-electron chi connectivity index (χ2n) is 6.76. The molecule has 0 unspecified atom stereocenters. The molecule has 6 nitrogen and oxygen atoms in total. The summed E-state index contributed by atoms with van der Waals surface area (Å²) in [5.41, 5.74) is 4.13. The predicted octanol–water partition coefficient (Wildman–Crippen LogP) is 2.54. The topological polar surface area (TPSA) is 61.8 Å². The fourth-order valence-corrected chi connectivity index (χ4v) is 4.44. The summed E-state index contributed by atoms with van der Waals surface area (Å²) in [5.74, 6) is 0.851. The average molecular weight is 372 g/mol. The first-order valence-corrected chi connectivity index (χ1v) is 9.61. The molecule has 7 heteroatoms. The molecule has 0 saturated heterocycles. The molecule has 0 amide bonds. The van der Waals surface area contributed by atoms with Gasteiger partial charge < -0.3 is 4.57 Å². The van der Waals surface area contributed by atoms with Crippen molar-refractivity contribution in [2.24, 2.45) is 14.1 Å². The van der Waals surface area contributed by atoms with Crippen LogP contribution >= 0.6 is 11.8 Å². The van der Waals surface area contributed by atoms with Crippen molar-refractivity contribution in [1.82, 2.24) is 18.7 Å². The van der Waals surface area contributed by atoms with Crippen molar-refractivity contribution in [1.29, 1.82) is 0 Å². The van der Waals surface area contributed by atoms with Crippen LogP contribution in [0.2, 0.25) is 0 Å². The van der Waals surface area contributed by atoms with Crippen LogP contribution in [0.5, 0.6) is 0 Å². The molecular formula is C19H24N4O2S. The van der Waals surface area contributed by atoms with Crippen molar-refractivity contribution in [3.05, 3.63) is 56.0 Å². The molecule has 3 aromatic rings. The van der Waals surface area contributed by atoms with E-state index >= 15 is 0 Å². The quantitative estimate of drug-likeness (QED) is 0.510. The standard InChI is InChI=1S/C19H24N4O2S/c1-12-9-13(2)16(14(3)10-12)26-8-6-7-23-18(24)15-17(20-11-21(15)4)22(5)19(23)25/h9-11H,6-8H2,1-5H3. The number of benzene rings is 1. The van der Waals surface area contributed by atoms with E-state index in [9.17, 15) is 9.59 Å². The molecule has 0 saturated carbocycles. The van der Waals surface area contributed by atoms with Gasteiger partial charge in [-0.3, -0.25) is 13.9 Å². The van der Waals surface area contributed by atoms with E-state index in [1.165, 1.54) is 30.7 Å². The Morgan fingerprint density at radius 3 is 2.38 bits per heavy atom. The second-order valence-corrected chi connectivity index (χ2v) is 7.86. The number of thioether (sulfide) groups is 1. The molecule has 1 aromatic carbocycles. The highest BCUT2D eigenvalue weighted by molar-refractivity contribution is 7.99. The van der Waals surface area contributed by atoms with E-state index in [1.807, 2.05) is 0 Å². The largest absolute Gasteiger partial charge is 0.332 e. The molecule has 0 aliphatic rings. The number of nitrogens with zero attached hydrogens (tertiary/aromatic N) is 4. The van der Waals surface area contributed by atoms with Gasteiger partial charge in [-0.25, -0.2) is 9.78 Å². The molecule has 0 N–H and O–H groups in total. The maximum absolute atomic E-state index is 12.7. The molecule has 2 aromatic heterocycles. The number of aromatic nitrogens is 4. The van der Waals surface area contributed by atoms with Crippen LogP contribution in [-0.4, -0.2) is 24.4 Å². The van der Waals surface area contributed by atoms with Crippen LogP contribution in [0.25, 0.3) is 11.2 Å². The van der Waals surface area contributed by atoms with Crippen LogP contribution in [0.3, 0.4) is 0 Å². The molecular weight excluding hydrogens is 348 g/mol. The van der Waals surface area contributed by atoms with Gasteiger partial charge >= 0.3 is 5.69 Å². The van der Waals surface area contributed by atoms with Gasteiger partial charge in [-0.15, -0.1) is 11.8 Å². The third-order valence-corrected chi connectivity index (χ3v) is 6.00. The summed E-state index contributed by atoms with van der Waals surface area (Å²) >= 11 is 1.78. The molecule has 26 heavy (non-hydrogen) atoms. The SMILES string of the molecule is Cc1cc(C)c(SCCCn2c(=O)c3c(ncn3C)n(C)c2=O)c(C)c1. The van der Waals surface area contributed by atoms with Gasteiger partial charge in [-0.2, -0.15) is 0 Å². The van der Waals surface area contributed by atoms with E-state index in [4.69, 9.17) is 0 Å². The number of hydrogen-bond acceptors (Lipinski definition) is 4. The van der Waals surface area contributed by atoms with Crippen molar-refractivity contribution in [2.45, 2.75) is 38.6 Å². The van der Waals surface area contributed by atoms with E-state index < -0.39 is 0 Å². The molecule has 0 bridgehead atoms. The van der Waals surface area contributed by atoms with Gasteiger partial charge in [0.15, 0.2) is 11.2 Å². The first-order valence-electron chi connectivity index (χ1n) is 8.62. The molecule has 0 spiro atoms. The van der Waals surface area contributed by atoms with Crippen LogP contribution in [0, 0.1) is 20.8 Å². The fourth-order valence-electron chi connectivity index (χ4n) is 3.38. The number of rotatable bonds is 5. The van der Waals surface area contributed by atoms with E-state index in [1.54, 1.807) is 36.8 Å². The number of fused-ring (bicyclic) bond motifs is 1. The van der Waals surface area contributed by atoms with Crippen LogP contribution in [-0.2, 0) is 20.6 Å². The average Bonchev–Trinajstić information content (AvgIpc) is 2.96. The normalized spacial score (nSPS) is 11.4. The monoisotopic (exact) mass is 372 g/mol. The molecule has 0 aliphatic heterocycles. The summed E-state index contributed by atoms with van der Waals surface area (Å²) in [6.07, 6.45) is 2.31. The van der Waals surface area contributed by atoms with Gasteiger partial charge in [0.1, 0.15) is 0 Å². The van der Waals surface area contributed by atoms with Gasteiger partial charge in [-0.05, 0) is 44.1 Å². The Bertz CT molecular complexity index is 1070. The lowest BCUT2D eigenvalue weighted by Crippen LogP contribution is -2.39. The highest BCUT2D eigenvalue weighted by Crippen LogP contribution is 2.28. The van der Waals surface area contributed by atoms with Crippen molar-refractivity contribution in [2.75, 3.05) is 5.75 Å². The Hall–Kier alpha value is -2.28. The number of hydrogen-bond donors (Lipinski definition) is 0. The van der Waals surface area contributed by atoms with E-state index in [0.29, 0.717) is 17.7 Å². The second kappa shape index (κ2) is 7.15. The zero-order valence-electron chi connectivity index (χ0n) is 15.9. The van der Waals surface area contributed by atoms with Crippen LogP contribution in [0.4, 0.5) is 0 Å². The number of imidazole rings is 1.